The summed E-state index contributed by atoms with van der Waals surface area (Å²) in [5.41, 5.74) is 1.29. The summed E-state index contributed by atoms with van der Waals surface area (Å²) in [7, 11) is 2.00. The van der Waals surface area contributed by atoms with Gasteiger partial charge in [-0.1, -0.05) is 0 Å². The summed E-state index contributed by atoms with van der Waals surface area (Å²) < 4.78 is 8.05. The Morgan fingerprint density at radius 3 is 2.79 bits per heavy atom. The van der Waals surface area contributed by atoms with E-state index in [4.69, 9.17) is 4.74 Å². The van der Waals surface area contributed by atoms with Gasteiger partial charge < -0.3 is 14.6 Å². The average Bonchev–Trinajstić information content (AvgIpc) is 2.76. The van der Waals surface area contributed by atoms with Crippen LogP contribution in [-0.2, 0) is 6.54 Å². The van der Waals surface area contributed by atoms with E-state index < -0.39 is 0 Å². The van der Waals surface area contributed by atoms with Crippen LogP contribution >= 0.6 is 0 Å². The van der Waals surface area contributed by atoms with Crippen LogP contribution in [-0.4, -0.2) is 24.3 Å². The molecule has 104 valence electrons. The van der Waals surface area contributed by atoms with Crippen LogP contribution in [0.25, 0.3) is 10.9 Å². The lowest BCUT2D eigenvalue weighted by atomic mass is 10.2. The number of benzene rings is 1. The van der Waals surface area contributed by atoms with E-state index in [2.05, 4.69) is 54.2 Å². The molecule has 0 aliphatic rings. The van der Waals surface area contributed by atoms with Gasteiger partial charge in [0.1, 0.15) is 5.75 Å². The molecule has 2 rings (SSSR count). The SMILES string of the molecule is CNCCCCn1ccc2cc(OC(C)C)ccc21. The van der Waals surface area contributed by atoms with Crippen LogP contribution in [0.15, 0.2) is 30.5 Å². The van der Waals surface area contributed by atoms with Crippen molar-refractivity contribution < 1.29 is 4.74 Å². The van der Waals surface area contributed by atoms with Crippen LogP contribution in [0.3, 0.4) is 0 Å². The second-order valence-electron chi connectivity index (χ2n) is 5.21. The van der Waals surface area contributed by atoms with E-state index in [1.54, 1.807) is 0 Å². The van der Waals surface area contributed by atoms with Gasteiger partial charge in [0.15, 0.2) is 0 Å². The van der Waals surface area contributed by atoms with E-state index in [0.29, 0.717) is 0 Å². The zero-order valence-corrected chi connectivity index (χ0v) is 12.1. The summed E-state index contributed by atoms with van der Waals surface area (Å²) in [5, 5.41) is 4.44. The first-order chi connectivity index (χ1) is 9.20. The predicted octanol–water partition coefficient (Wildman–Crippen LogP) is 3.43. The molecule has 0 unspecified atom stereocenters. The standard InChI is InChI=1S/C16H24N2O/c1-13(2)19-15-6-7-16-14(12-15)8-11-18(16)10-5-4-9-17-3/h6-8,11-13,17H,4-5,9-10H2,1-3H3. The number of aromatic nitrogens is 1. The molecule has 2 aromatic rings. The molecular weight excluding hydrogens is 236 g/mol. The molecule has 1 N–H and O–H groups in total. The molecule has 1 aromatic carbocycles. The van der Waals surface area contributed by atoms with Gasteiger partial charge in [-0.15, -0.1) is 0 Å². The highest BCUT2D eigenvalue weighted by Gasteiger charge is 2.04. The van der Waals surface area contributed by atoms with Crippen molar-refractivity contribution >= 4 is 10.9 Å². The minimum absolute atomic E-state index is 0.223. The molecule has 0 aliphatic carbocycles. The fourth-order valence-corrected chi connectivity index (χ4v) is 2.30. The van der Waals surface area contributed by atoms with Gasteiger partial charge in [0.25, 0.3) is 0 Å². The number of rotatable bonds is 7. The van der Waals surface area contributed by atoms with Crippen LogP contribution in [0.5, 0.6) is 5.75 Å². The maximum Gasteiger partial charge on any atom is 0.120 e. The van der Waals surface area contributed by atoms with Crippen molar-refractivity contribution in [2.24, 2.45) is 0 Å². The maximum absolute atomic E-state index is 5.73. The number of aryl methyl sites for hydroxylation is 1. The summed E-state index contributed by atoms with van der Waals surface area (Å²) >= 11 is 0. The van der Waals surface area contributed by atoms with Crippen LogP contribution in [0.1, 0.15) is 26.7 Å². The lowest BCUT2D eigenvalue weighted by Gasteiger charge is -2.10. The predicted molar refractivity (Wildman–Crippen MR) is 80.9 cm³/mol. The Balaban J connectivity index is 2.06. The van der Waals surface area contributed by atoms with Crippen molar-refractivity contribution in [3.63, 3.8) is 0 Å². The van der Waals surface area contributed by atoms with E-state index in [0.717, 1.165) is 18.8 Å². The number of nitrogens with one attached hydrogen (secondary N) is 1. The fraction of sp³-hybridized carbons (Fsp3) is 0.500. The third-order valence-corrected chi connectivity index (χ3v) is 3.19. The average molecular weight is 260 g/mol. The highest BCUT2D eigenvalue weighted by atomic mass is 16.5. The molecule has 0 atom stereocenters. The van der Waals surface area contributed by atoms with E-state index in [1.807, 2.05) is 7.05 Å². The Labute approximate surface area is 115 Å². The minimum Gasteiger partial charge on any atom is -0.491 e. The zero-order chi connectivity index (χ0) is 13.7. The first-order valence-electron chi connectivity index (χ1n) is 7.11. The van der Waals surface area contributed by atoms with Gasteiger partial charge in [-0.2, -0.15) is 0 Å². The van der Waals surface area contributed by atoms with Crippen LogP contribution in [0.2, 0.25) is 0 Å². The van der Waals surface area contributed by atoms with E-state index in [9.17, 15) is 0 Å². The van der Waals surface area contributed by atoms with E-state index >= 15 is 0 Å². The van der Waals surface area contributed by atoms with E-state index in [1.165, 1.54) is 23.7 Å². The van der Waals surface area contributed by atoms with Gasteiger partial charge in [-0.3, -0.25) is 0 Å². The van der Waals surface area contributed by atoms with Gasteiger partial charge in [-0.05, 0) is 64.5 Å². The lowest BCUT2D eigenvalue weighted by Crippen LogP contribution is -2.08. The number of nitrogens with zero attached hydrogens (tertiary/aromatic N) is 1. The van der Waals surface area contributed by atoms with Crippen LogP contribution in [0, 0.1) is 0 Å². The molecule has 0 saturated heterocycles. The monoisotopic (exact) mass is 260 g/mol. The number of hydrogen-bond acceptors (Lipinski definition) is 2. The molecule has 0 aliphatic heterocycles. The topological polar surface area (TPSA) is 26.2 Å². The van der Waals surface area contributed by atoms with Crippen molar-refractivity contribution in [3.05, 3.63) is 30.5 Å². The van der Waals surface area contributed by atoms with Gasteiger partial charge in [-0.25, -0.2) is 0 Å². The van der Waals surface area contributed by atoms with Gasteiger partial charge in [0.05, 0.1) is 6.10 Å². The Morgan fingerprint density at radius 1 is 1.21 bits per heavy atom. The normalized spacial score (nSPS) is 11.4. The summed E-state index contributed by atoms with van der Waals surface area (Å²) in [5.74, 6) is 0.954. The Bertz CT molecular complexity index is 516. The number of unbranched alkanes of at least 4 members (excludes halogenated alkanes) is 1. The van der Waals surface area contributed by atoms with Gasteiger partial charge >= 0.3 is 0 Å². The van der Waals surface area contributed by atoms with Crippen molar-refractivity contribution in [2.45, 2.75) is 39.3 Å². The van der Waals surface area contributed by atoms with Crippen molar-refractivity contribution in [1.82, 2.24) is 9.88 Å². The van der Waals surface area contributed by atoms with E-state index in [-0.39, 0.29) is 6.10 Å². The Hall–Kier alpha value is -1.48. The highest BCUT2D eigenvalue weighted by molar-refractivity contribution is 5.81. The quantitative estimate of drug-likeness (QED) is 0.772. The van der Waals surface area contributed by atoms with Crippen molar-refractivity contribution in [3.8, 4) is 5.75 Å². The molecule has 19 heavy (non-hydrogen) atoms. The van der Waals surface area contributed by atoms with Crippen molar-refractivity contribution in [1.29, 1.82) is 0 Å². The largest absolute Gasteiger partial charge is 0.491 e. The minimum atomic E-state index is 0.223. The zero-order valence-electron chi connectivity index (χ0n) is 12.1. The second kappa shape index (κ2) is 6.62. The molecule has 0 radical (unpaired) electrons. The Morgan fingerprint density at radius 2 is 2.05 bits per heavy atom. The maximum atomic E-state index is 5.73. The first-order valence-corrected chi connectivity index (χ1v) is 7.11. The van der Waals surface area contributed by atoms with Crippen LogP contribution in [0.4, 0.5) is 0 Å². The Kier molecular flexibility index (Phi) is 4.86. The highest BCUT2D eigenvalue weighted by Crippen LogP contribution is 2.23. The number of ether oxygens (including phenoxy) is 1. The summed E-state index contributed by atoms with van der Waals surface area (Å²) in [4.78, 5) is 0. The first kappa shape index (κ1) is 13.9. The van der Waals surface area contributed by atoms with Gasteiger partial charge in [0, 0.05) is 23.6 Å². The van der Waals surface area contributed by atoms with Crippen LogP contribution < -0.4 is 10.1 Å². The molecule has 3 nitrogen and oxygen atoms in total. The molecule has 1 heterocycles. The number of fused-ring (bicyclic) bond motifs is 1. The molecule has 3 heteroatoms. The van der Waals surface area contributed by atoms with Gasteiger partial charge in [0.2, 0.25) is 0 Å². The molecule has 0 amide bonds. The molecule has 0 saturated carbocycles. The lowest BCUT2D eigenvalue weighted by molar-refractivity contribution is 0.243. The van der Waals surface area contributed by atoms with Crippen molar-refractivity contribution in [2.75, 3.05) is 13.6 Å². The molecule has 0 fully saturated rings. The molecule has 0 spiro atoms. The molecular formula is C16H24N2O. The summed E-state index contributed by atoms with van der Waals surface area (Å²) in [6, 6.07) is 8.51. The summed E-state index contributed by atoms with van der Waals surface area (Å²) in [6.07, 6.45) is 4.81. The third kappa shape index (κ3) is 3.74. The smallest absolute Gasteiger partial charge is 0.120 e. The second-order valence-corrected chi connectivity index (χ2v) is 5.21. The summed E-state index contributed by atoms with van der Waals surface area (Å²) in [6.45, 7) is 6.27. The fourth-order valence-electron chi connectivity index (χ4n) is 2.30. The third-order valence-electron chi connectivity index (χ3n) is 3.19. The molecule has 0 bridgehead atoms. The number of hydrogen-bond donors (Lipinski definition) is 1. The molecule has 1 aromatic heterocycles.